The predicted octanol–water partition coefficient (Wildman–Crippen LogP) is 3.24. The Labute approximate surface area is 110 Å². The van der Waals surface area contributed by atoms with E-state index in [0.717, 1.165) is 24.1 Å². The van der Waals surface area contributed by atoms with Gasteiger partial charge in [-0.05, 0) is 24.7 Å². The molecule has 1 aliphatic rings. The molecule has 2 rings (SSSR count). The zero-order valence-electron chi connectivity index (χ0n) is 11.7. The molecule has 1 fully saturated rings. The standard InChI is InChI=1S/C14H24N4/c1-10(2)12-13(15-3)17-9-18-14(12)16-8-11-6-4-5-7-11/h9-11H,4-8H2,1-3H3,(H2,15,16,17,18). The SMILES string of the molecule is CNc1ncnc(NCC2CCCC2)c1C(C)C. The molecule has 0 saturated heterocycles. The van der Waals surface area contributed by atoms with Crippen molar-refractivity contribution in [1.82, 2.24) is 9.97 Å². The minimum Gasteiger partial charge on any atom is -0.373 e. The van der Waals surface area contributed by atoms with E-state index in [2.05, 4.69) is 34.4 Å². The van der Waals surface area contributed by atoms with Gasteiger partial charge >= 0.3 is 0 Å². The summed E-state index contributed by atoms with van der Waals surface area (Å²) in [5.41, 5.74) is 1.19. The average Bonchev–Trinajstić information content (AvgIpc) is 2.88. The number of nitrogens with zero attached hydrogens (tertiary/aromatic N) is 2. The second-order valence-corrected chi connectivity index (χ2v) is 5.42. The fraction of sp³-hybridized carbons (Fsp3) is 0.714. The molecule has 0 atom stereocenters. The highest BCUT2D eigenvalue weighted by Gasteiger charge is 2.17. The van der Waals surface area contributed by atoms with Gasteiger partial charge < -0.3 is 10.6 Å². The van der Waals surface area contributed by atoms with Crippen molar-refractivity contribution in [3.63, 3.8) is 0 Å². The lowest BCUT2D eigenvalue weighted by molar-refractivity contribution is 0.578. The van der Waals surface area contributed by atoms with E-state index in [4.69, 9.17) is 0 Å². The van der Waals surface area contributed by atoms with Gasteiger partial charge in [-0.15, -0.1) is 0 Å². The second kappa shape index (κ2) is 6.03. The van der Waals surface area contributed by atoms with E-state index in [1.54, 1.807) is 6.33 Å². The second-order valence-electron chi connectivity index (χ2n) is 5.42. The fourth-order valence-corrected chi connectivity index (χ4v) is 2.74. The molecule has 0 amide bonds. The monoisotopic (exact) mass is 248 g/mol. The Morgan fingerprint density at radius 1 is 1.22 bits per heavy atom. The third-order valence-electron chi connectivity index (χ3n) is 3.73. The lowest BCUT2D eigenvalue weighted by atomic mass is 10.0. The van der Waals surface area contributed by atoms with Crippen LogP contribution in [0.3, 0.4) is 0 Å². The minimum atomic E-state index is 0.416. The van der Waals surface area contributed by atoms with E-state index < -0.39 is 0 Å². The van der Waals surface area contributed by atoms with Crippen molar-refractivity contribution in [2.75, 3.05) is 24.2 Å². The summed E-state index contributed by atoms with van der Waals surface area (Å²) in [6.07, 6.45) is 7.11. The van der Waals surface area contributed by atoms with E-state index in [-0.39, 0.29) is 0 Å². The molecule has 100 valence electrons. The van der Waals surface area contributed by atoms with Crippen LogP contribution in [0.1, 0.15) is 51.0 Å². The molecule has 0 aromatic carbocycles. The lowest BCUT2D eigenvalue weighted by Gasteiger charge is -2.18. The molecule has 0 unspecified atom stereocenters. The summed E-state index contributed by atoms with van der Waals surface area (Å²) in [7, 11) is 1.91. The smallest absolute Gasteiger partial charge is 0.134 e. The molecule has 1 aromatic rings. The molecule has 0 bridgehead atoms. The summed E-state index contributed by atoms with van der Waals surface area (Å²) in [6, 6.07) is 0. The summed E-state index contributed by atoms with van der Waals surface area (Å²) < 4.78 is 0. The number of rotatable bonds is 5. The molecule has 0 radical (unpaired) electrons. The lowest BCUT2D eigenvalue weighted by Crippen LogP contribution is -2.15. The number of hydrogen-bond donors (Lipinski definition) is 2. The van der Waals surface area contributed by atoms with Crippen LogP contribution in [0.15, 0.2) is 6.33 Å². The minimum absolute atomic E-state index is 0.416. The van der Waals surface area contributed by atoms with Crippen LogP contribution in [-0.4, -0.2) is 23.6 Å². The largest absolute Gasteiger partial charge is 0.373 e. The van der Waals surface area contributed by atoms with Gasteiger partial charge in [0.2, 0.25) is 0 Å². The van der Waals surface area contributed by atoms with Gasteiger partial charge in [0.05, 0.1) is 0 Å². The highest BCUT2D eigenvalue weighted by molar-refractivity contribution is 5.58. The maximum absolute atomic E-state index is 4.41. The van der Waals surface area contributed by atoms with Gasteiger partial charge in [-0.25, -0.2) is 9.97 Å². The molecule has 1 aliphatic carbocycles. The van der Waals surface area contributed by atoms with Crippen molar-refractivity contribution in [2.24, 2.45) is 5.92 Å². The summed E-state index contributed by atoms with van der Waals surface area (Å²) in [6.45, 7) is 5.40. The van der Waals surface area contributed by atoms with E-state index in [0.29, 0.717) is 5.92 Å². The molecule has 0 aliphatic heterocycles. The quantitative estimate of drug-likeness (QED) is 0.840. The maximum Gasteiger partial charge on any atom is 0.134 e. The van der Waals surface area contributed by atoms with Crippen molar-refractivity contribution in [1.29, 1.82) is 0 Å². The first-order valence-corrected chi connectivity index (χ1v) is 6.99. The van der Waals surface area contributed by atoms with Crippen LogP contribution in [0.25, 0.3) is 0 Å². The number of aromatic nitrogens is 2. The Morgan fingerprint density at radius 3 is 2.50 bits per heavy atom. The van der Waals surface area contributed by atoms with Crippen molar-refractivity contribution in [3.05, 3.63) is 11.9 Å². The zero-order valence-corrected chi connectivity index (χ0v) is 11.7. The fourth-order valence-electron chi connectivity index (χ4n) is 2.74. The molecule has 1 aromatic heterocycles. The first-order chi connectivity index (χ1) is 8.72. The van der Waals surface area contributed by atoms with Gasteiger partial charge in [-0.3, -0.25) is 0 Å². The normalized spacial score (nSPS) is 16.2. The Kier molecular flexibility index (Phi) is 4.39. The molecule has 4 nitrogen and oxygen atoms in total. The van der Waals surface area contributed by atoms with Crippen molar-refractivity contribution in [3.8, 4) is 0 Å². The molecule has 1 heterocycles. The van der Waals surface area contributed by atoms with Crippen LogP contribution in [0.2, 0.25) is 0 Å². The number of nitrogens with one attached hydrogen (secondary N) is 2. The molecular formula is C14H24N4. The van der Waals surface area contributed by atoms with Crippen LogP contribution < -0.4 is 10.6 Å². The topological polar surface area (TPSA) is 49.8 Å². The van der Waals surface area contributed by atoms with Gasteiger partial charge in [-0.1, -0.05) is 26.7 Å². The van der Waals surface area contributed by atoms with E-state index >= 15 is 0 Å². The Balaban J connectivity index is 2.10. The molecule has 2 N–H and O–H groups in total. The Hall–Kier alpha value is -1.32. The Morgan fingerprint density at radius 2 is 1.89 bits per heavy atom. The van der Waals surface area contributed by atoms with Crippen LogP contribution in [0.5, 0.6) is 0 Å². The maximum atomic E-state index is 4.41. The molecule has 0 spiro atoms. The third kappa shape index (κ3) is 2.92. The van der Waals surface area contributed by atoms with E-state index in [1.807, 2.05) is 7.05 Å². The number of hydrogen-bond acceptors (Lipinski definition) is 4. The van der Waals surface area contributed by atoms with Crippen LogP contribution in [0, 0.1) is 5.92 Å². The summed E-state index contributed by atoms with van der Waals surface area (Å²) in [4.78, 5) is 8.70. The van der Waals surface area contributed by atoms with Gasteiger partial charge in [-0.2, -0.15) is 0 Å². The first kappa shape index (κ1) is 13.1. The van der Waals surface area contributed by atoms with Gasteiger partial charge in [0, 0.05) is 19.2 Å². The molecular weight excluding hydrogens is 224 g/mol. The Bertz CT molecular complexity index is 383. The van der Waals surface area contributed by atoms with Gasteiger partial charge in [0.25, 0.3) is 0 Å². The molecule has 18 heavy (non-hydrogen) atoms. The van der Waals surface area contributed by atoms with Crippen LogP contribution in [0.4, 0.5) is 11.6 Å². The average molecular weight is 248 g/mol. The predicted molar refractivity (Wildman–Crippen MR) is 76.1 cm³/mol. The highest BCUT2D eigenvalue weighted by Crippen LogP contribution is 2.29. The number of anilines is 2. The zero-order chi connectivity index (χ0) is 13.0. The van der Waals surface area contributed by atoms with E-state index in [1.165, 1.54) is 31.2 Å². The molecule has 1 saturated carbocycles. The summed E-state index contributed by atoms with van der Waals surface area (Å²) in [5.74, 6) is 3.17. The third-order valence-corrected chi connectivity index (χ3v) is 3.73. The van der Waals surface area contributed by atoms with E-state index in [9.17, 15) is 0 Å². The summed E-state index contributed by atoms with van der Waals surface area (Å²) in [5, 5.41) is 6.67. The van der Waals surface area contributed by atoms with Crippen LogP contribution in [-0.2, 0) is 0 Å². The highest BCUT2D eigenvalue weighted by atomic mass is 15.1. The van der Waals surface area contributed by atoms with Gasteiger partial charge in [0.15, 0.2) is 0 Å². The molecule has 4 heteroatoms. The van der Waals surface area contributed by atoms with Gasteiger partial charge in [0.1, 0.15) is 18.0 Å². The first-order valence-electron chi connectivity index (χ1n) is 6.99. The van der Waals surface area contributed by atoms with Crippen molar-refractivity contribution in [2.45, 2.75) is 45.4 Å². The van der Waals surface area contributed by atoms with Crippen molar-refractivity contribution >= 4 is 11.6 Å². The van der Waals surface area contributed by atoms with Crippen LogP contribution >= 0.6 is 0 Å². The summed E-state index contributed by atoms with van der Waals surface area (Å²) >= 11 is 0. The van der Waals surface area contributed by atoms with Crippen molar-refractivity contribution < 1.29 is 0 Å².